The second kappa shape index (κ2) is 12.6. The Kier molecular flexibility index (Phi) is 9.84. The molecule has 1 aliphatic carbocycles. The number of methoxy groups -OCH3 is 1. The van der Waals surface area contributed by atoms with Crippen LogP contribution in [0.3, 0.4) is 0 Å². The molecular formula is C25H30O5. The van der Waals surface area contributed by atoms with Gasteiger partial charge in [0.25, 0.3) is 0 Å². The summed E-state index contributed by atoms with van der Waals surface area (Å²) in [7, 11) is 1.62. The second-order valence-corrected chi connectivity index (χ2v) is 6.79. The van der Waals surface area contributed by atoms with Crippen LogP contribution in [0.2, 0.25) is 0 Å². The zero-order chi connectivity index (χ0) is 21.8. The number of aliphatic hydroxyl groups excluding tert-OH is 1. The van der Waals surface area contributed by atoms with Crippen LogP contribution in [0.15, 0.2) is 63.8 Å². The van der Waals surface area contributed by atoms with Gasteiger partial charge in [-0.1, -0.05) is 49.3 Å². The summed E-state index contributed by atoms with van der Waals surface area (Å²) in [6, 6.07) is 9.36. The third-order valence-corrected chi connectivity index (χ3v) is 4.63. The minimum absolute atomic E-state index is 0.216. The van der Waals surface area contributed by atoms with Crippen molar-refractivity contribution in [2.75, 3.05) is 20.5 Å². The molecule has 0 bridgehead atoms. The minimum Gasteiger partial charge on any atom is -0.497 e. The van der Waals surface area contributed by atoms with E-state index in [2.05, 4.69) is 30.4 Å². The van der Waals surface area contributed by atoms with E-state index in [0.717, 1.165) is 29.4 Å². The maximum Gasteiger partial charge on any atom is 0.344 e. The third kappa shape index (κ3) is 6.87. The van der Waals surface area contributed by atoms with E-state index >= 15 is 0 Å². The highest BCUT2D eigenvalue weighted by Gasteiger charge is 2.08. The summed E-state index contributed by atoms with van der Waals surface area (Å²) in [5.74, 6) is 0.765. The molecule has 160 valence electrons. The first kappa shape index (κ1) is 23.4. The molecule has 1 heterocycles. The number of ether oxygens (including phenoxy) is 2. The van der Waals surface area contributed by atoms with Gasteiger partial charge in [0, 0.05) is 5.22 Å². The molecule has 1 N–H and O–H groups in total. The van der Waals surface area contributed by atoms with E-state index < -0.39 is 0 Å². The van der Waals surface area contributed by atoms with E-state index in [1.54, 1.807) is 13.2 Å². The summed E-state index contributed by atoms with van der Waals surface area (Å²) >= 11 is 0. The van der Waals surface area contributed by atoms with E-state index in [0.29, 0.717) is 17.6 Å². The Hall–Kier alpha value is -2.89. The molecule has 0 fully saturated rings. The lowest BCUT2D eigenvalue weighted by atomic mass is 10.1. The highest BCUT2D eigenvalue weighted by molar-refractivity contribution is 5.63. The van der Waals surface area contributed by atoms with Crippen molar-refractivity contribution < 1.29 is 19.0 Å². The molecule has 5 nitrogen and oxygen atoms in total. The quantitative estimate of drug-likeness (QED) is 0.410. The van der Waals surface area contributed by atoms with Crippen LogP contribution in [0.1, 0.15) is 32.6 Å². The maximum absolute atomic E-state index is 12.4. The van der Waals surface area contributed by atoms with Crippen LogP contribution < -0.4 is 21.0 Å². The number of allylic oxidation sites excluding steroid dienone is 2. The largest absolute Gasteiger partial charge is 0.497 e. The van der Waals surface area contributed by atoms with Gasteiger partial charge in [-0.15, -0.1) is 6.58 Å². The van der Waals surface area contributed by atoms with Gasteiger partial charge in [-0.3, -0.25) is 0 Å². The molecule has 0 aliphatic heterocycles. The predicted octanol–water partition coefficient (Wildman–Crippen LogP) is 3.54. The average molecular weight is 411 g/mol. The Morgan fingerprint density at radius 2 is 2.00 bits per heavy atom. The third-order valence-electron chi connectivity index (χ3n) is 4.63. The summed E-state index contributed by atoms with van der Waals surface area (Å²) in [6.45, 7) is 5.77. The summed E-state index contributed by atoms with van der Waals surface area (Å²) in [5, 5.41) is 8.88. The summed E-state index contributed by atoms with van der Waals surface area (Å²) < 4.78 is 15.2. The Bertz CT molecular complexity index is 1010. The molecule has 1 aromatic carbocycles. The molecule has 0 amide bonds. The number of benzene rings is 1. The molecule has 3 rings (SSSR count). The van der Waals surface area contributed by atoms with Crippen molar-refractivity contribution >= 4 is 12.2 Å². The van der Waals surface area contributed by atoms with Crippen molar-refractivity contribution in [3.63, 3.8) is 0 Å². The average Bonchev–Trinajstić information content (AvgIpc) is 2.98. The molecule has 5 heteroatoms. The van der Waals surface area contributed by atoms with Crippen LogP contribution in [0.4, 0.5) is 0 Å². The fraction of sp³-hybridized carbons (Fsp3) is 0.320. The van der Waals surface area contributed by atoms with Crippen molar-refractivity contribution in [3.8, 4) is 16.9 Å². The second-order valence-electron chi connectivity index (χ2n) is 6.79. The van der Waals surface area contributed by atoms with Gasteiger partial charge in [0.05, 0.1) is 19.3 Å². The molecule has 0 saturated heterocycles. The van der Waals surface area contributed by atoms with E-state index in [1.807, 2.05) is 36.4 Å². The topological polar surface area (TPSA) is 68.9 Å². The van der Waals surface area contributed by atoms with Crippen molar-refractivity contribution in [1.82, 2.24) is 0 Å². The smallest absolute Gasteiger partial charge is 0.344 e. The standard InChI is InChI=1S/C21H22O3.C4H8O2/c1-3-4-5-15-6-8-17-14-19(21(22)24-20(17)13-7-15)16-9-11-18(23-2)12-10-16;1-2-3-6-4-5/h6,8-14H,3-5,7H2,1-2H3;2,5H,1,3-4H2. The zero-order valence-electron chi connectivity index (χ0n) is 17.7. The molecule has 0 spiro atoms. The van der Waals surface area contributed by atoms with Crippen molar-refractivity contribution in [2.24, 2.45) is 0 Å². The number of aliphatic hydroxyl groups is 1. The molecule has 0 atom stereocenters. The first-order chi connectivity index (χ1) is 14.6. The van der Waals surface area contributed by atoms with E-state index in [4.69, 9.17) is 14.3 Å². The fourth-order valence-electron chi connectivity index (χ4n) is 2.99. The van der Waals surface area contributed by atoms with Crippen LogP contribution >= 0.6 is 0 Å². The maximum atomic E-state index is 12.4. The van der Waals surface area contributed by atoms with Crippen LogP contribution in [-0.4, -0.2) is 25.6 Å². The Morgan fingerprint density at radius 3 is 2.60 bits per heavy atom. The number of fused-ring (bicyclic) bond motifs is 1. The van der Waals surface area contributed by atoms with Crippen molar-refractivity contribution in [1.29, 1.82) is 0 Å². The van der Waals surface area contributed by atoms with Crippen LogP contribution in [0.25, 0.3) is 23.3 Å². The van der Waals surface area contributed by atoms with Gasteiger partial charge in [0.2, 0.25) is 0 Å². The monoisotopic (exact) mass is 410 g/mol. The first-order valence-electron chi connectivity index (χ1n) is 10.1. The molecule has 0 saturated carbocycles. The highest BCUT2D eigenvalue weighted by Crippen LogP contribution is 2.19. The van der Waals surface area contributed by atoms with Gasteiger partial charge in [0.15, 0.2) is 0 Å². The molecule has 30 heavy (non-hydrogen) atoms. The zero-order valence-corrected chi connectivity index (χ0v) is 17.7. The Morgan fingerprint density at radius 1 is 1.23 bits per heavy atom. The van der Waals surface area contributed by atoms with Crippen molar-refractivity contribution in [3.05, 3.63) is 75.7 Å². The lowest BCUT2D eigenvalue weighted by Crippen LogP contribution is -2.29. The molecule has 0 unspecified atom stereocenters. The number of unbranched alkanes of at least 4 members (excludes halogenated alkanes) is 1. The van der Waals surface area contributed by atoms with Gasteiger partial charge in [-0.2, -0.15) is 0 Å². The molecule has 1 aromatic heterocycles. The van der Waals surface area contributed by atoms with Gasteiger partial charge in [-0.25, -0.2) is 4.79 Å². The van der Waals surface area contributed by atoms with Crippen LogP contribution in [0.5, 0.6) is 5.75 Å². The molecule has 0 radical (unpaired) electrons. The van der Waals surface area contributed by atoms with Gasteiger partial charge < -0.3 is 19.0 Å². The molecule has 2 aromatic rings. The summed E-state index contributed by atoms with van der Waals surface area (Å²) in [5.41, 5.74) is 3.15. The van der Waals surface area contributed by atoms with E-state index in [9.17, 15) is 4.79 Å². The molecule has 1 aliphatic rings. The molecular weight excluding hydrogens is 380 g/mol. The normalized spacial score (nSPS) is 12.2. The lowest BCUT2D eigenvalue weighted by Gasteiger charge is -2.02. The van der Waals surface area contributed by atoms with Crippen LogP contribution in [0, 0.1) is 0 Å². The van der Waals surface area contributed by atoms with E-state index in [1.165, 1.54) is 18.4 Å². The Balaban J connectivity index is 0.000000469. The predicted molar refractivity (Wildman–Crippen MR) is 121 cm³/mol. The Labute approximate surface area is 177 Å². The highest BCUT2D eigenvalue weighted by atomic mass is 16.6. The summed E-state index contributed by atoms with van der Waals surface area (Å²) in [4.78, 5) is 12.4. The SMILES string of the molecule is C=CCOCO.CCCCC1=CC=c2cc(-c3ccc(OC)cc3)c(=O)oc2=CC1. The fourth-order valence-corrected chi connectivity index (χ4v) is 2.99. The number of hydrogen-bond acceptors (Lipinski definition) is 5. The first-order valence-corrected chi connectivity index (χ1v) is 10.1. The number of rotatable bonds is 8. The van der Waals surface area contributed by atoms with Crippen LogP contribution in [-0.2, 0) is 4.74 Å². The van der Waals surface area contributed by atoms with Gasteiger partial charge in [0.1, 0.15) is 18.0 Å². The van der Waals surface area contributed by atoms with Gasteiger partial charge in [-0.05, 0) is 49.1 Å². The number of hydrogen-bond donors (Lipinski definition) is 1. The summed E-state index contributed by atoms with van der Waals surface area (Å²) in [6.07, 6.45) is 12.1. The van der Waals surface area contributed by atoms with E-state index in [-0.39, 0.29) is 12.4 Å². The van der Waals surface area contributed by atoms with Crippen molar-refractivity contribution in [2.45, 2.75) is 32.6 Å². The van der Waals surface area contributed by atoms with Gasteiger partial charge >= 0.3 is 5.63 Å². The lowest BCUT2D eigenvalue weighted by molar-refractivity contribution is 0.0132. The minimum atomic E-state index is -0.305.